The average Bonchev–Trinajstić information content (AvgIpc) is 1.65. The standard InChI is InChI=1S/C77H68O25/c1-87-74-63(100-71(84)51-36-20-7-21-37-51)59(96-67(80)47-28-12-3-13-29-47)56(93-74)44-91-77-65(102-73(86)53-40-24-9-25-41-53)61(98-69(82)49-32-16-5-17-33-49)57(95-77)45-90-75-62(99-70(83)50-34-18-6-19-35-50)58(78)54(92-75)42-89-76-64(101-72(85)52-38-22-8-23-39-52)60(97-68(81)48-30-14-4-15-31-48)55(94-76)43-88-66(79)46-26-10-2-11-27-46/h2-41,54-65,74-78H,42-45H2,1H3/t54-,55-,56-,57-,58-,59-,60-,61-,62+,63+,64+,65+,74+,75+,76+,77+/m1/s1. The summed E-state index contributed by atoms with van der Waals surface area (Å²) in [6.07, 6.45) is -24.9. The van der Waals surface area contributed by atoms with Crippen LogP contribution in [0.5, 0.6) is 0 Å². The first-order chi connectivity index (χ1) is 49.8. The number of carbonyl (C=O) groups excluding carboxylic acids is 8. The molecule has 0 aliphatic carbocycles. The van der Waals surface area contributed by atoms with E-state index >= 15 is 0 Å². The Morgan fingerprint density at radius 3 is 0.755 bits per heavy atom. The lowest BCUT2D eigenvalue weighted by atomic mass is 10.1. The Bertz CT molecular complexity index is 4110. The fraction of sp³-hybridized carbons (Fsp3) is 0.273. The molecule has 16 atom stereocenters. The third-order valence-corrected chi connectivity index (χ3v) is 16.8. The second-order valence-corrected chi connectivity index (χ2v) is 23.5. The van der Waals surface area contributed by atoms with Crippen LogP contribution in [-0.4, -0.2) is 185 Å². The van der Waals surface area contributed by atoms with E-state index in [-0.39, 0.29) is 44.5 Å². The van der Waals surface area contributed by atoms with Gasteiger partial charge in [-0.2, -0.15) is 0 Å². The Balaban J connectivity index is 0.835. The Morgan fingerprint density at radius 1 is 0.265 bits per heavy atom. The minimum Gasteiger partial charge on any atom is -0.459 e. The summed E-state index contributed by atoms with van der Waals surface area (Å²) in [5, 5.41) is 12.3. The lowest BCUT2D eigenvalue weighted by molar-refractivity contribution is -0.224. The van der Waals surface area contributed by atoms with Crippen LogP contribution < -0.4 is 0 Å². The molecular weight excluding hydrogens is 1320 g/mol. The molecule has 0 spiro atoms. The summed E-state index contributed by atoms with van der Waals surface area (Å²) in [5.74, 6) is -6.89. The number of aliphatic hydroxyl groups excluding tert-OH is 1. The van der Waals surface area contributed by atoms with Gasteiger partial charge in [0.2, 0.25) is 0 Å². The van der Waals surface area contributed by atoms with E-state index in [4.69, 9.17) is 75.8 Å². The molecule has 4 aliphatic rings. The van der Waals surface area contributed by atoms with Gasteiger partial charge >= 0.3 is 47.8 Å². The van der Waals surface area contributed by atoms with Gasteiger partial charge in [0.1, 0.15) is 37.1 Å². The average molecular weight is 1390 g/mol. The SMILES string of the molecule is CO[C@H]1O[C@H](CO[C@H]2O[C@H](CO[C@H]3O[C@H](CO[C@H]4O[C@H](COC(=O)c5ccccc5)[C@@H](OC(=O)c5ccccc5)[C@@H]4OC(=O)c4ccccc4)[C@@H](O)[C@@H]3OC(=O)c3ccccc3)[C@@H](OC(=O)c3ccccc3)[C@@H]2OC(=O)c2ccccc2)[C@@H](OC(=O)c2ccccc2)[C@@H]1OC(=O)c1ccccc1. The largest absolute Gasteiger partial charge is 0.459 e. The first kappa shape index (κ1) is 71.0. The van der Waals surface area contributed by atoms with Crippen LogP contribution in [0.15, 0.2) is 243 Å². The summed E-state index contributed by atoms with van der Waals surface area (Å²) in [5.41, 5.74) is 0.917. The van der Waals surface area contributed by atoms with Crippen molar-refractivity contribution >= 4 is 47.8 Å². The third-order valence-electron chi connectivity index (χ3n) is 16.8. The highest BCUT2D eigenvalue weighted by molar-refractivity contribution is 5.93. The maximum Gasteiger partial charge on any atom is 0.338 e. The molecule has 25 nitrogen and oxygen atoms in total. The highest BCUT2D eigenvalue weighted by Crippen LogP contribution is 2.37. The van der Waals surface area contributed by atoms with Gasteiger partial charge in [0.05, 0.1) is 64.3 Å². The Kier molecular flexibility index (Phi) is 23.7. The fourth-order valence-electron chi connectivity index (χ4n) is 11.6. The van der Waals surface area contributed by atoms with Crippen molar-refractivity contribution in [2.24, 2.45) is 0 Å². The van der Waals surface area contributed by atoms with Crippen LogP contribution in [0.25, 0.3) is 0 Å². The minimum atomic E-state index is -1.81. The van der Waals surface area contributed by atoms with Gasteiger partial charge in [-0.3, -0.25) is 0 Å². The van der Waals surface area contributed by atoms with Gasteiger partial charge in [0.25, 0.3) is 0 Å². The molecule has 0 aromatic heterocycles. The lowest BCUT2D eigenvalue weighted by Crippen LogP contribution is -2.45. The molecule has 8 aromatic rings. The smallest absolute Gasteiger partial charge is 0.338 e. The molecule has 526 valence electrons. The molecular formula is C77H68O25. The number of esters is 8. The van der Waals surface area contributed by atoms with E-state index in [1.165, 1.54) is 104 Å². The van der Waals surface area contributed by atoms with Crippen molar-refractivity contribution in [3.63, 3.8) is 0 Å². The summed E-state index contributed by atoms with van der Waals surface area (Å²) >= 11 is 0. The number of hydrogen-bond donors (Lipinski definition) is 1. The second kappa shape index (κ2) is 34.0. The molecule has 1 N–H and O–H groups in total. The van der Waals surface area contributed by atoms with Crippen LogP contribution >= 0.6 is 0 Å². The molecule has 4 heterocycles. The first-order valence-corrected chi connectivity index (χ1v) is 32.5. The van der Waals surface area contributed by atoms with Crippen LogP contribution in [0.3, 0.4) is 0 Å². The molecule has 12 rings (SSSR count). The van der Waals surface area contributed by atoms with Gasteiger partial charge in [0, 0.05) is 7.11 Å². The predicted octanol–water partition coefficient (Wildman–Crippen LogP) is 8.38. The minimum absolute atomic E-state index is 0.0663. The van der Waals surface area contributed by atoms with E-state index in [9.17, 15) is 43.5 Å². The number of ether oxygens (including phenoxy) is 16. The third kappa shape index (κ3) is 17.5. The quantitative estimate of drug-likeness (QED) is 0.0373. The molecule has 4 saturated heterocycles. The Labute approximate surface area is 583 Å². The summed E-state index contributed by atoms with van der Waals surface area (Å²) < 4.78 is 98.9. The van der Waals surface area contributed by atoms with Crippen LogP contribution in [-0.2, 0) is 75.8 Å². The normalized spacial score (nSPS) is 25.6. The number of hydrogen-bond acceptors (Lipinski definition) is 25. The molecule has 0 unspecified atom stereocenters. The van der Waals surface area contributed by atoms with E-state index in [1.807, 2.05) is 0 Å². The zero-order chi connectivity index (χ0) is 70.9. The number of carbonyl (C=O) groups is 8. The van der Waals surface area contributed by atoms with Gasteiger partial charge in [-0.05, 0) is 97.1 Å². The summed E-state index contributed by atoms with van der Waals surface area (Å²) in [6, 6.07) is 63.3. The molecule has 8 aromatic carbocycles. The van der Waals surface area contributed by atoms with Crippen molar-refractivity contribution in [2.45, 2.75) is 98.4 Å². The van der Waals surface area contributed by atoms with Crippen LogP contribution in [0, 0.1) is 0 Å². The molecule has 102 heavy (non-hydrogen) atoms. The maximum atomic E-state index is 14.3. The Morgan fingerprint density at radius 2 is 0.471 bits per heavy atom. The first-order valence-electron chi connectivity index (χ1n) is 32.5. The van der Waals surface area contributed by atoms with Crippen molar-refractivity contribution in [3.05, 3.63) is 287 Å². The zero-order valence-corrected chi connectivity index (χ0v) is 54.4. The second-order valence-electron chi connectivity index (χ2n) is 23.5. The highest BCUT2D eigenvalue weighted by atomic mass is 16.8. The number of methoxy groups -OCH3 is 1. The molecule has 4 fully saturated rings. The summed E-state index contributed by atoms with van der Waals surface area (Å²) in [6.45, 7) is -2.48. The predicted molar refractivity (Wildman–Crippen MR) is 352 cm³/mol. The molecule has 0 amide bonds. The topological polar surface area (TPSA) is 304 Å². The van der Waals surface area contributed by atoms with Gasteiger partial charge < -0.3 is 80.9 Å². The van der Waals surface area contributed by atoms with Crippen molar-refractivity contribution < 1.29 is 119 Å². The molecule has 0 bridgehead atoms. The monoisotopic (exact) mass is 1390 g/mol. The van der Waals surface area contributed by atoms with Crippen LogP contribution in [0.1, 0.15) is 82.9 Å². The number of rotatable bonds is 27. The lowest BCUT2D eigenvalue weighted by Gasteiger charge is -2.26. The van der Waals surface area contributed by atoms with Crippen molar-refractivity contribution in [1.82, 2.24) is 0 Å². The molecule has 0 radical (unpaired) electrons. The van der Waals surface area contributed by atoms with E-state index in [0.717, 1.165) is 0 Å². The van der Waals surface area contributed by atoms with E-state index in [2.05, 4.69) is 0 Å². The summed E-state index contributed by atoms with van der Waals surface area (Å²) in [4.78, 5) is 112. The fourth-order valence-corrected chi connectivity index (χ4v) is 11.6. The van der Waals surface area contributed by atoms with Crippen molar-refractivity contribution in [2.75, 3.05) is 33.5 Å². The van der Waals surface area contributed by atoms with Crippen LogP contribution in [0.2, 0.25) is 0 Å². The van der Waals surface area contributed by atoms with Gasteiger partial charge in [-0.15, -0.1) is 0 Å². The molecule has 0 saturated carbocycles. The summed E-state index contributed by atoms with van der Waals surface area (Å²) in [7, 11) is 1.29. The van der Waals surface area contributed by atoms with Gasteiger partial charge in [0.15, 0.2) is 67.9 Å². The molecule has 4 aliphatic heterocycles. The van der Waals surface area contributed by atoms with Crippen molar-refractivity contribution in [3.8, 4) is 0 Å². The zero-order valence-electron chi connectivity index (χ0n) is 54.4. The van der Waals surface area contributed by atoms with Crippen LogP contribution in [0.4, 0.5) is 0 Å². The van der Waals surface area contributed by atoms with Gasteiger partial charge in [-0.1, -0.05) is 146 Å². The van der Waals surface area contributed by atoms with Crippen molar-refractivity contribution in [1.29, 1.82) is 0 Å². The van der Waals surface area contributed by atoms with E-state index in [0.29, 0.717) is 0 Å². The maximum absolute atomic E-state index is 14.3. The van der Waals surface area contributed by atoms with E-state index in [1.54, 1.807) is 146 Å². The highest BCUT2D eigenvalue weighted by Gasteiger charge is 2.57. The van der Waals surface area contributed by atoms with Gasteiger partial charge in [-0.25, -0.2) is 38.4 Å². The van der Waals surface area contributed by atoms with E-state index < -0.39 is 173 Å². The number of benzene rings is 8. The Hall–Kier alpha value is -10.8. The number of aliphatic hydroxyl groups is 1. The molecule has 25 heteroatoms.